The summed E-state index contributed by atoms with van der Waals surface area (Å²) in [5, 5.41) is 11.5. The lowest BCUT2D eigenvalue weighted by molar-refractivity contribution is 0.219. The Morgan fingerprint density at radius 1 is 1.00 bits per heavy atom. The van der Waals surface area contributed by atoms with Gasteiger partial charge in [-0.05, 0) is 48.7 Å². The van der Waals surface area contributed by atoms with Gasteiger partial charge >= 0.3 is 0 Å². The number of hydrogen-bond acceptors (Lipinski definition) is 1. The molecule has 18 heavy (non-hydrogen) atoms. The van der Waals surface area contributed by atoms with E-state index in [1.807, 2.05) is 32.0 Å². The van der Waals surface area contributed by atoms with Gasteiger partial charge in [0.25, 0.3) is 0 Å². The van der Waals surface area contributed by atoms with Crippen LogP contribution in [0.1, 0.15) is 28.4 Å². The molecule has 0 spiro atoms. The molecule has 0 aromatic heterocycles. The predicted molar refractivity (Wildman–Crippen MR) is 76.4 cm³/mol. The van der Waals surface area contributed by atoms with Crippen LogP contribution in [0, 0.1) is 13.8 Å². The molecular weight excluding hydrogens is 267 g/mol. The minimum Gasteiger partial charge on any atom is -0.384 e. The van der Waals surface area contributed by atoms with Crippen molar-refractivity contribution < 1.29 is 5.11 Å². The summed E-state index contributed by atoms with van der Waals surface area (Å²) in [5.41, 5.74) is 3.71. The Balaban J connectivity index is 2.51. The summed E-state index contributed by atoms with van der Waals surface area (Å²) < 4.78 is 0. The van der Waals surface area contributed by atoms with E-state index in [1.165, 1.54) is 0 Å². The van der Waals surface area contributed by atoms with Gasteiger partial charge in [-0.15, -0.1) is 0 Å². The predicted octanol–water partition coefficient (Wildman–Crippen LogP) is 4.69. The van der Waals surface area contributed by atoms with Crippen LogP contribution in [0.4, 0.5) is 0 Å². The van der Waals surface area contributed by atoms with Crippen molar-refractivity contribution >= 4 is 23.2 Å². The summed E-state index contributed by atoms with van der Waals surface area (Å²) in [4.78, 5) is 0. The van der Waals surface area contributed by atoms with Gasteiger partial charge in [0, 0.05) is 15.6 Å². The number of aryl methyl sites for hydroxylation is 1. The van der Waals surface area contributed by atoms with Gasteiger partial charge in [-0.2, -0.15) is 0 Å². The fourth-order valence-electron chi connectivity index (χ4n) is 1.96. The second kappa shape index (κ2) is 5.31. The molecule has 1 atom stereocenters. The molecule has 2 rings (SSSR count). The van der Waals surface area contributed by atoms with Gasteiger partial charge in [-0.25, -0.2) is 0 Å². The summed E-state index contributed by atoms with van der Waals surface area (Å²) >= 11 is 12.1. The first kappa shape index (κ1) is 13.4. The minimum atomic E-state index is -0.754. The van der Waals surface area contributed by atoms with Crippen molar-refractivity contribution in [2.24, 2.45) is 0 Å². The van der Waals surface area contributed by atoms with Crippen LogP contribution in [-0.2, 0) is 0 Å². The van der Waals surface area contributed by atoms with Crippen LogP contribution in [0.5, 0.6) is 0 Å². The highest BCUT2D eigenvalue weighted by Crippen LogP contribution is 2.32. The third-order valence-electron chi connectivity index (χ3n) is 3.19. The highest BCUT2D eigenvalue weighted by atomic mass is 35.5. The minimum absolute atomic E-state index is 0.521. The maximum Gasteiger partial charge on any atom is 0.106 e. The van der Waals surface area contributed by atoms with E-state index >= 15 is 0 Å². The van der Waals surface area contributed by atoms with Crippen molar-refractivity contribution in [1.29, 1.82) is 0 Å². The molecule has 1 nitrogen and oxygen atoms in total. The van der Waals surface area contributed by atoms with Crippen molar-refractivity contribution in [1.82, 2.24) is 0 Å². The molecule has 0 amide bonds. The van der Waals surface area contributed by atoms with Crippen LogP contribution in [0.2, 0.25) is 10.0 Å². The Kier molecular flexibility index (Phi) is 3.96. The third-order valence-corrected chi connectivity index (χ3v) is 3.77. The lowest BCUT2D eigenvalue weighted by Crippen LogP contribution is -2.03. The molecule has 1 N–H and O–H groups in total. The second-order valence-corrected chi connectivity index (χ2v) is 5.20. The first-order chi connectivity index (χ1) is 8.50. The van der Waals surface area contributed by atoms with Crippen LogP contribution in [-0.4, -0.2) is 5.11 Å². The summed E-state index contributed by atoms with van der Waals surface area (Å²) in [6.45, 7) is 4.01. The molecule has 0 fully saturated rings. The van der Waals surface area contributed by atoms with Gasteiger partial charge in [0.05, 0.1) is 0 Å². The van der Waals surface area contributed by atoms with Gasteiger partial charge in [0.15, 0.2) is 0 Å². The van der Waals surface area contributed by atoms with Gasteiger partial charge in [0.2, 0.25) is 0 Å². The van der Waals surface area contributed by atoms with Gasteiger partial charge in [-0.1, -0.05) is 41.4 Å². The average molecular weight is 281 g/mol. The van der Waals surface area contributed by atoms with Crippen LogP contribution in [0.3, 0.4) is 0 Å². The van der Waals surface area contributed by atoms with E-state index in [0.717, 1.165) is 16.7 Å². The Morgan fingerprint density at radius 2 is 1.72 bits per heavy atom. The van der Waals surface area contributed by atoms with Gasteiger partial charge in [0.1, 0.15) is 6.10 Å². The molecule has 1 unspecified atom stereocenters. The molecule has 0 aliphatic rings. The third kappa shape index (κ3) is 2.54. The monoisotopic (exact) mass is 280 g/mol. The Hall–Kier alpha value is -1.02. The van der Waals surface area contributed by atoms with Gasteiger partial charge < -0.3 is 5.11 Å². The first-order valence-corrected chi connectivity index (χ1v) is 6.45. The lowest BCUT2D eigenvalue weighted by Gasteiger charge is -2.17. The molecule has 0 aliphatic heterocycles. The molecule has 0 saturated heterocycles. The van der Waals surface area contributed by atoms with E-state index in [4.69, 9.17) is 23.2 Å². The number of benzene rings is 2. The molecule has 2 aromatic rings. The summed E-state index contributed by atoms with van der Waals surface area (Å²) in [7, 11) is 0. The quantitative estimate of drug-likeness (QED) is 0.846. The zero-order valence-electron chi connectivity index (χ0n) is 10.2. The fourth-order valence-corrected chi connectivity index (χ4v) is 2.36. The maximum absolute atomic E-state index is 10.5. The van der Waals surface area contributed by atoms with E-state index in [2.05, 4.69) is 0 Å². The number of halogens is 2. The van der Waals surface area contributed by atoms with E-state index in [-0.39, 0.29) is 0 Å². The highest BCUT2D eigenvalue weighted by Gasteiger charge is 2.16. The van der Waals surface area contributed by atoms with E-state index < -0.39 is 6.10 Å². The molecule has 2 aromatic carbocycles. The zero-order valence-corrected chi connectivity index (χ0v) is 11.8. The second-order valence-electron chi connectivity index (χ2n) is 4.36. The Bertz CT molecular complexity index is 577. The van der Waals surface area contributed by atoms with Crippen molar-refractivity contribution in [2.45, 2.75) is 20.0 Å². The van der Waals surface area contributed by atoms with Crippen molar-refractivity contribution in [2.75, 3.05) is 0 Å². The van der Waals surface area contributed by atoms with Crippen molar-refractivity contribution in [3.8, 4) is 0 Å². The molecule has 0 saturated carbocycles. The molecule has 0 heterocycles. The highest BCUT2D eigenvalue weighted by molar-refractivity contribution is 6.33. The summed E-state index contributed by atoms with van der Waals surface area (Å²) in [5.74, 6) is 0. The van der Waals surface area contributed by atoms with E-state index in [1.54, 1.807) is 18.2 Å². The molecule has 94 valence electrons. The maximum atomic E-state index is 10.5. The average Bonchev–Trinajstić information content (AvgIpc) is 2.35. The lowest BCUT2D eigenvalue weighted by atomic mass is 9.95. The van der Waals surface area contributed by atoms with E-state index in [0.29, 0.717) is 15.6 Å². The number of aliphatic hydroxyl groups excluding tert-OH is 1. The Labute approximate surface area is 117 Å². The standard InChI is InChI=1S/C15H14Cl2O/c1-9-4-3-5-12(10(9)2)15(18)13-8-11(16)6-7-14(13)17/h3-8,15,18H,1-2H3. The van der Waals surface area contributed by atoms with Gasteiger partial charge in [-0.3, -0.25) is 0 Å². The molecule has 3 heteroatoms. The molecule has 0 aliphatic carbocycles. The van der Waals surface area contributed by atoms with Crippen molar-refractivity contribution in [3.05, 3.63) is 68.7 Å². The number of rotatable bonds is 2. The normalized spacial score (nSPS) is 12.5. The Morgan fingerprint density at radius 3 is 2.44 bits per heavy atom. The number of hydrogen-bond donors (Lipinski definition) is 1. The van der Waals surface area contributed by atoms with Crippen LogP contribution in [0.25, 0.3) is 0 Å². The smallest absolute Gasteiger partial charge is 0.106 e. The van der Waals surface area contributed by atoms with E-state index in [9.17, 15) is 5.11 Å². The molecule has 0 radical (unpaired) electrons. The summed E-state index contributed by atoms with van der Waals surface area (Å²) in [6.07, 6.45) is -0.754. The van der Waals surface area contributed by atoms with Crippen molar-refractivity contribution in [3.63, 3.8) is 0 Å². The topological polar surface area (TPSA) is 20.2 Å². The van der Waals surface area contributed by atoms with Crippen LogP contribution >= 0.6 is 23.2 Å². The first-order valence-electron chi connectivity index (χ1n) is 5.70. The summed E-state index contributed by atoms with van der Waals surface area (Å²) in [6, 6.07) is 11.0. The number of aliphatic hydroxyl groups is 1. The van der Waals surface area contributed by atoms with Crippen LogP contribution < -0.4 is 0 Å². The molecular formula is C15H14Cl2O. The molecule has 0 bridgehead atoms. The fraction of sp³-hybridized carbons (Fsp3) is 0.200. The largest absolute Gasteiger partial charge is 0.384 e. The van der Waals surface area contributed by atoms with Crippen LogP contribution in [0.15, 0.2) is 36.4 Å². The SMILES string of the molecule is Cc1cccc(C(O)c2cc(Cl)ccc2Cl)c1C. The zero-order chi connectivity index (χ0) is 13.3.